The summed E-state index contributed by atoms with van der Waals surface area (Å²) in [4.78, 5) is 25.5. The number of halogens is 2. The number of phenolic OH excluding ortho intramolecular Hbond substituents is 1. The summed E-state index contributed by atoms with van der Waals surface area (Å²) in [5.74, 6) is -1.90. The number of carboxylic acid groups (broad SMARTS) is 1. The Morgan fingerprint density at radius 3 is 2.40 bits per heavy atom. The largest absolute Gasteiger partial charge is 0.508 e. The molecule has 0 amide bonds. The van der Waals surface area contributed by atoms with Crippen LogP contribution in [-0.4, -0.2) is 26.7 Å². The summed E-state index contributed by atoms with van der Waals surface area (Å²) < 4.78 is 1.48. The van der Waals surface area contributed by atoms with Crippen molar-refractivity contribution < 1.29 is 19.8 Å². The van der Waals surface area contributed by atoms with Crippen molar-refractivity contribution in [2.24, 2.45) is 5.92 Å². The van der Waals surface area contributed by atoms with Crippen LogP contribution in [0.1, 0.15) is 54.2 Å². The zero-order valence-electron chi connectivity index (χ0n) is 16.9. The van der Waals surface area contributed by atoms with Gasteiger partial charge in [0.15, 0.2) is 0 Å². The summed E-state index contributed by atoms with van der Waals surface area (Å²) in [6.45, 7) is 5.75. The Morgan fingerprint density at radius 1 is 1.10 bits per heavy atom. The molecule has 2 atom stereocenters. The highest BCUT2D eigenvalue weighted by molar-refractivity contribution is 6.42. The molecule has 3 aromatic rings. The molecule has 1 aromatic heterocycles. The molecule has 0 radical (unpaired) electrons. The molecule has 30 heavy (non-hydrogen) atoms. The number of carbonyl (C=O) groups excluding carboxylic acids is 1. The molecule has 2 N–H and O–H groups in total. The molecule has 158 valence electrons. The first-order chi connectivity index (χ1) is 14.1. The molecule has 0 bridgehead atoms. The van der Waals surface area contributed by atoms with Crippen LogP contribution in [0.2, 0.25) is 10.0 Å². The van der Waals surface area contributed by atoms with Crippen LogP contribution in [0.25, 0.3) is 10.9 Å². The number of aromatic nitrogens is 1. The molecule has 5 nitrogen and oxygen atoms in total. The van der Waals surface area contributed by atoms with E-state index in [0.29, 0.717) is 39.2 Å². The summed E-state index contributed by atoms with van der Waals surface area (Å²) in [6.07, 6.45) is 1.28. The minimum Gasteiger partial charge on any atom is -0.508 e. The van der Waals surface area contributed by atoms with E-state index >= 15 is 0 Å². The van der Waals surface area contributed by atoms with E-state index < -0.39 is 11.9 Å². The number of aliphatic carboxylic acids is 1. The minimum absolute atomic E-state index is 0.00978. The minimum atomic E-state index is -0.956. The lowest BCUT2D eigenvalue weighted by Crippen LogP contribution is -2.18. The fourth-order valence-corrected chi connectivity index (χ4v) is 4.10. The second-order valence-electron chi connectivity index (χ2n) is 7.61. The number of benzene rings is 2. The van der Waals surface area contributed by atoms with Crippen LogP contribution in [0.5, 0.6) is 5.75 Å². The molecule has 0 aliphatic heterocycles. The Hall–Kier alpha value is -2.50. The number of hydrogen-bond acceptors (Lipinski definition) is 3. The Balaban J connectivity index is 2.26. The third kappa shape index (κ3) is 4.05. The average Bonchev–Trinajstić information content (AvgIpc) is 2.98. The van der Waals surface area contributed by atoms with E-state index in [0.717, 1.165) is 6.42 Å². The van der Waals surface area contributed by atoms with Crippen LogP contribution < -0.4 is 0 Å². The normalized spacial score (nSPS) is 13.4. The van der Waals surface area contributed by atoms with Gasteiger partial charge in [0.1, 0.15) is 5.75 Å². The summed E-state index contributed by atoms with van der Waals surface area (Å²) in [5, 5.41) is 21.2. The van der Waals surface area contributed by atoms with Gasteiger partial charge < -0.3 is 10.2 Å². The number of aromatic hydroxyl groups is 1. The lowest BCUT2D eigenvalue weighted by atomic mass is 9.87. The van der Waals surface area contributed by atoms with Crippen molar-refractivity contribution in [2.45, 2.75) is 39.5 Å². The highest BCUT2D eigenvalue weighted by Gasteiger charge is 2.30. The Morgan fingerprint density at radius 2 is 1.80 bits per heavy atom. The number of carbonyl (C=O) groups is 2. The summed E-state index contributed by atoms with van der Waals surface area (Å²) in [7, 11) is 0. The van der Waals surface area contributed by atoms with Crippen molar-refractivity contribution >= 4 is 46.0 Å². The molecule has 0 saturated carbocycles. The van der Waals surface area contributed by atoms with Crippen LogP contribution in [0.15, 0.2) is 36.4 Å². The maximum atomic E-state index is 13.4. The predicted octanol–water partition coefficient (Wildman–Crippen LogP) is 6.26. The number of hydrogen-bond donors (Lipinski definition) is 2. The first kappa shape index (κ1) is 22.2. The van der Waals surface area contributed by atoms with Gasteiger partial charge in [-0.3, -0.25) is 14.2 Å². The van der Waals surface area contributed by atoms with E-state index in [-0.39, 0.29) is 22.6 Å². The van der Waals surface area contributed by atoms with Crippen LogP contribution in [0.3, 0.4) is 0 Å². The quantitative estimate of drug-likeness (QED) is 0.467. The van der Waals surface area contributed by atoms with E-state index in [1.807, 2.05) is 13.8 Å². The van der Waals surface area contributed by atoms with Gasteiger partial charge in [-0.15, -0.1) is 0 Å². The van der Waals surface area contributed by atoms with Gasteiger partial charge in [-0.05, 0) is 61.2 Å². The van der Waals surface area contributed by atoms with Crippen molar-refractivity contribution in [3.8, 4) is 5.75 Å². The van der Waals surface area contributed by atoms with Crippen molar-refractivity contribution in [1.82, 2.24) is 4.57 Å². The van der Waals surface area contributed by atoms with Gasteiger partial charge >= 0.3 is 5.97 Å². The zero-order chi connectivity index (χ0) is 22.2. The number of carboxylic acids is 1. The van der Waals surface area contributed by atoms with E-state index in [2.05, 4.69) is 0 Å². The van der Waals surface area contributed by atoms with E-state index in [9.17, 15) is 19.8 Å². The van der Waals surface area contributed by atoms with Gasteiger partial charge in [0, 0.05) is 16.6 Å². The van der Waals surface area contributed by atoms with Gasteiger partial charge in [-0.25, -0.2) is 0 Å². The molecule has 2 unspecified atom stereocenters. The highest BCUT2D eigenvalue weighted by Crippen LogP contribution is 2.38. The molecular formula is C23H23Cl2NO4. The highest BCUT2D eigenvalue weighted by atomic mass is 35.5. The lowest BCUT2D eigenvalue weighted by Gasteiger charge is -2.17. The zero-order valence-corrected chi connectivity index (χ0v) is 18.5. The fraction of sp³-hybridized carbons (Fsp3) is 0.304. The summed E-state index contributed by atoms with van der Waals surface area (Å²) in [6, 6.07) is 9.24. The second-order valence-corrected chi connectivity index (χ2v) is 8.42. The Bertz CT molecular complexity index is 1140. The summed E-state index contributed by atoms with van der Waals surface area (Å²) in [5.41, 5.74) is 1.94. The van der Waals surface area contributed by atoms with Crippen LogP contribution in [0.4, 0.5) is 0 Å². The maximum absolute atomic E-state index is 13.4. The SMILES string of the molecule is CCC(C)CC(C(=O)O)c1c(C)n(C(=O)c2ccc(Cl)c(Cl)c2)c2ccc(O)cc12. The first-order valence-electron chi connectivity index (χ1n) is 9.72. The Kier molecular flexibility index (Phi) is 6.44. The van der Waals surface area contributed by atoms with E-state index in [1.165, 1.54) is 22.8 Å². The molecule has 0 aliphatic rings. The molecule has 0 saturated heterocycles. The number of nitrogens with zero attached hydrogens (tertiary/aromatic N) is 1. The van der Waals surface area contributed by atoms with Gasteiger partial charge in [-0.2, -0.15) is 0 Å². The van der Waals surface area contributed by atoms with Crippen molar-refractivity contribution in [2.75, 3.05) is 0 Å². The number of rotatable bonds is 6. The number of phenols is 1. The van der Waals surface area contributed by atoms with Gasteiger partial charge in [0.25, 0.3) is 5.91 Å². The third-order valence-corrected chi connectivity index (χ3v) is 6.33. The van der Waals surface area contributed by atoms with E-state index in [1.54, 1.807) is 25.1 Å². The molecule has 0 aliphatic carbocycles. The maximum Gasteiger partial charge on any atom is 0.311 e. The molecule has 7 heteroatoms. The van der Waals surface area contributed by atoms with Gasteiger partial charge in [0.05, 0.1) is 21.5 Å². The molecular weight excluding hydrogens is 425 g/mol. The topological polar surface area (TPSA) is 79.5 Å². The van der Waals surface area contributed by atoms with Crippen LogP contribution in [0, 0.1) is 12.8 Å². The van der Waals surface area contributed by atoms with Crippen molar-refractivity contribution in [1.29, 1.82) is 0 Å². The smallest absolute Gasteiger partial charge is 0.311 e. The lowest BCUT2D eigenvalue weighted by molar-refractivity contribution is -0.139. The first-order valence-corrected chi connectivity index (χ1v) is 10.5. The van der Waals surface area contributed by atoms with Crippen molar-refractivity contribution in [3.05, 3.63) is 63.3 Å². The van der Waals surface area contributed by atoms with Gasteiger partial charge in [0.2, 0.25) is 0 Å². The van der Waals surface area contributed by atoms with Crippen LogP contribution >= 0.6 is 23.2 Å². The third-order valence-electron chi connectivity index (χ3n) is 5.59. The predicted molar refractivity (Wildman–Crippen MR) is 119 cm³/mol. The molecule has 0 spiro atoms. The standard InChI is InChI=1S/C23H23Cl2NO4/c1-4-12(2)9-17(23(29)30)21-13(3)26(20-8-6-15(27)11-16(20)21)22(28)14-5-7-18(24)19(25)10-14/h5-8,10-12,17,27H,4,9H2,1-3H3,(H,29,30). The summed E-state index contributed by atoms with van der Waals surface area (Å²) >= 11 is 12.1. The number of fused-ring (bicyclic) bond motifs is 1. The van der Waals surface area contributed by atoms with Gasteiger partial charge in [-0.1, -0.05) is 43.5 Å². The average molecular weight is 448 g/mol. The van der Waals surface area contributed by atoms with Crippen LogP contribution in [-0.2, 0) is 4.79 Å². The van der Waals surface area contributed by atoms with E-state index in [4.69, 9.17) is 23.2 Å². The van der Waals surface area contributed by atoms with Crippen molar-refractivity contribution in [3.63, 3.8) is 0 Å². The second kappa shape index (κ2) is 8.70. The fourth-order valence-electron chi connectivity index (χ4n) is 3.80. The molecule has 2 aromatic carbocycles. The Labute approximate surface area is 184 Å². The molecule has 3 rings (SSSR count). The molecule has 1 heterocycles. The molecule has 0 fully saturated rings. The monoisotopic (exact) mass is 447 g/mol.